The summed E-state index contributed by atoms with van der Waals surface area (Å²) in [5.41, 5.74) is 0.824. The second-order valence-corrected chi connectivity index (χ2v) is 7.27. The van der Waals surface area contributed by atoms with Crippen molar-refractivity contribution in [1.29, 1.82) is 0 Å². The average molecular weight is 343 g/mol. The van der Waals surface area contributed by atoms with Gasteiger partial charge in [0.25, 0.3) is 0 Å². The number of aliphatic carboxylic acids is 1. The Balaban J connectivity index is 2.19. The summed E-state index contributed by atoms with van der Waals surface area (Å²) in [7, 11) is -3.70. The van der Waals surface area contributed by atoms with Gasteiger partial charge in [-0.3, -0.25) is 0 Å². The second kappa shape index (κ2) is 7.29. The maximum absolute atomic E-state index is 12.8. The van der Waals surface area contributed by atoms with Crippen molar-refractivity contribution in [3.05, 3.63) is 23.8 Å². The lowest BCUT2D eigenvalue weighted by Gasteiger charge is -2.19. The molecule has 1 N–H and O–H groups in total. The summed E-state index contributed by atoms with van der Waals surface area (Å²) in [4.78, 5) is 10.7. The summed E-state index contributed by atoms with van der Waals surface area (Å²) >= 11 is 0. The number of hydrogen-bond donors (Lipinski definition) is 1. The summed E-state index contributed by atoms with van der Waals surface area (Å²) in [6.45, 7) is 4.00. The third-order valence-corrected chi connectivity index (χ3v) is 5.45. The summed E-state index contributed by atoms with van der Waals surface area (Å²) in [5, 5.41) is 8.63. The van der Waals surface area contributed by atoms with Crippen LogP contribution in [0.3, 0.4) is 0 Å². The van der Waals surface area contributed by atoms with Crippen LogP contribution in [-0.4, -0.2) is 56.2 Å². The van der Waals surface area contributed by atoms with Gasteiger partial charge in [-0.05, 0) is 38.0 Å². The van der Waals surface area contributed by atoms with Crippen LogP contribution in [0, 0.1) is 6.92 Å². The molecule has 0 amide bonds. The molecular formula is C15H21NO6S. The van der Waals surface area contributed by atoms with E-state index in [1.54, 1.807) is 25.1 Å². The summed E-state index contributed by atoms with van der Waals surface area (Å²) < 4.78 is 37.6. The van der Waals surface area contributed by atoms with Crippen molar-refractivity contribution in [1.82, 2.24) is 4.31 Å². The van der Waals surface area contributed by atoms with Crippen LogP contribution in [-0.2, 0) is 19.6 Å². The van der Waals surface area contributed by atoms with E-state index in [9.17, 15) is 13.2 Å². The minimum Gasteiger partial charge on any atom is -0.492 e. The van der Waals surface area contributed by atoms with Crippen molar-refractivity contribution in [2.24, 2.45) is 0 Å². The van der Waals surface area contributed by atoms with Crippen LogP contribution in [0.2, 0.25) is 0 Å². The predicted octanol–water partition coefficient (Wildman–Crippen LogP) is 1.26. The van der Waals surface area contributed by atoms with Gasteiger partial charge in [0, 0.05) is 13.1 Å². The molecule has 0 saturated carbocycles. The molecule has 0 bridgehead atoms. The molecule has 1 aliphatic heterocycles. The van der Waals surface area contributed by atoms with E-state index in [2.05, 4.69) is 0 Å². The van der Waals surface area contributed by atoms with E-state index in [1.807, 2.05) is 6.92 Å². The van der Waals surface area contributed by atoms with E-state index in [4.69, 9.17) is 14.6 Å². The fraction of sp³-hybridized carbons (Fsp3) is 0.533. The number of sulfonamides is 1. The molecule has 2 rings (SSSR count). The molecule has 1 heterocycles. The van der Waals surface area contributed by atoms with Gasteiger partial charge in [-0.2, -0.15) is 4.31 Å². The van der Waals surface area contributed by atoms with Gasteiger partial charge in [0.2, 0.25) is 10.0 Å². The third-order valence-electron chi connectivity index (χ3n) is 3.57. The third kappa shape index (κ3) is 4.21. The maximum atomic E-state index is 12.8. The molecule has 7 nitrogen and oxygen atoms in total. The van der Waals surface area contributed by atoms with Crippen LogP contribution < -0.4 is 4.74 Å². The molecule has 0 aliphatic carbocycles. The van der Waals surface area contributed by atoms with Gasteiger partial charge in [0.15, 0.2) is 0 Å². The number of carboxylic acids is 1. The van der Waals surface area contributed by atoms with E-state index in [0.29, 0.717) is 25.3 Å². The molecular weight excluding hydrogens is 322 g/mol. The Bertz CT molecular complexity index is 673. The first-order valence-electron chi connectivity index (χ1n) is 7.41. The van der Waals surface area contributed by atoms with Crippen LogP contribution >= 0.6 is 0 Å². The van der Waals surface area contributed by atoms with Crippen LogP contribution in [0.1, 0.15) is 18.9 Å². The van der Waals surface area contributed by atoms with Crippen molar-refractivity contribution >= 4 is 16.0 Å². The fourth-order valence-corrected chi connectivity index (χ4v) is 4.17. The Kier molecular flexibility index (Phi) is 5.61. The standard InChI is InChI=1S/C15H21NO6S/c1-3-21-13-5-4-11(2)8-14(13)23(19,20)16-7-6-12(9-16)22-10-15(17)18/h4-5,8,12H,3,6-7,9-10H2,1-2H3,(H,17,18)/t12-/m0/s1. The lowest BCUT2D eigenvalue weighted by Crippen LogP contribution is -2.31. The van der Waals surface area contributed by atoms with Crippen molar-refractivity contribution < 1.29 is 27.8 Å². The zero-order valence-corrected chi connectivity index (χ0v) is 14.0. The Hall–Kier alpha value is -1.64. The molecule has 8 heteroatoms. The monoisotopic (exact) mass is 343 g/mol. The molecule has 1 aliphatic rings. The molecule has 1 aromatic rings. The van der Waals surface area contributed by atoms with Crippen LogP contribution in [0.15, 0.2) is 23.1 Å². The molecule has 0 spiro atoms. The van der Waals surface area contributed by atoms with Gasteiger partial charge < -0.3 is 14.6 Å². The molecule has 0 radical (unpaired) electrons. The van der Waals surface area contributed by atoms with Gasteiger partial charge in [0.1, 0.15) is 17.3 Å². The number of benzene rings is 1. The highest BCUT2D eigenvalue weighted by molar-refractivity contribution is 7.89. The van der Waals surface area contributed by atoms with E-state index < -0.39 is 28.7 Å². The first-order chi connectivity index (χ1) is 10.8. The van der Waals surface area contributed by atoms with E-state index in [1.165, 1.54) is 4.31 Å². The van der Waals surface area contributed by atoms with Crippen LogP contribution in [0.25, 0.3) is 0 Å². The summed E-state index contributed by atoms with van der Waals surface area (Å²) in [6, 6.07) is 5.04. The van der Waals surface area contributed by atoms with Gasteiger partial charge in [-0.25, -0.2) is 13.2 Å². The largest absolute Gasteiger partial charge is 0.492 e. The van der Waals surface area contributed by atoms with Crippen molar-refractivity contribution in [2.75, 3.05) is 26.3 Å². The number of rotatable bonds is 7. The van der Waals surface area contributed by atoms with Gasteiger partial charge in [-0.15, -0.1) is 0 Å². The molecule has 1 saturated heterocycles. The first kappa shape index (κ1) is 17.7. The lowest BCUT2D eigenvalue weighted by molar-refractivity contribution is -0.144. The van der Waals surface area contributed by atoms with Crippen molar-refractivity contribution in [3.8, 4) is 5.75 Å². The maximum Gasteiger partial charge on any atom is 0.329 e. The number of aryl methyl sites for hydroxylation is 1. The van der Waals surface area contributed by atoms with Crippen LogP contribution in [0.5, 0.6) is 5.75 Å². The Morgan fingerprint density at radius 2 is 2.17 bits per heavy atom. The topological polar surface area (TPSA) is 93.1 Å². The highest BCUT2D eigenvalue weighted by Crippen LogP contribution is 2.30. The number of carbonyl (C=O) groups is 1. The minimum atomic E-state index is -3.70. The average Bonchev–Trinajstić information content (AvgIpc) is 2.97. The molecule has 128 valence electrons. The number of nitrogens with zero attached hydrogens (tertiary/aromatic N) is 1. The second-order valence-electron chi connectivity index (χ2n) is 5.36. The van der Waals surface area contributed by atoms with Crippen LogP contribution in [0.4, 0.5) is 0 Å². The summed E-state index contributed by atoms with van der Waals surface area (Å²) in [5.74, 6) is -0.739. The Morgan fingerprint density at radius 3 is 2.83 bits per heavy atom. The first-order valence-corrected chi connectivity index (χ1v) is 8.85. The van der Waals surface area contributed by atoms with Gasteiger partial charge >= 0.3 is 5.97 Å². The fourth-order valence-electron chi connectivity index (χ4n) is 2.47. The Labute approximate surface area is 135 Å². The Morgan fingerprint density at radius 1 is 1.43 bits per heavy atom. The number of carboxylic acid groups (broad SMARTS) is 1. The normalized spacial score (nSPS) is 19.0. The molecule has 0 unspecified atom stereocenters. The smallest absolute Gasteiger partial charge is 0.329 e. The predicted molar refractivity (Wildman–Crippen MR) is 83.1 cm³/mol. The van der Waals surface area contributed by atoms with Crippen molar-refractivity contribution in [2.45, 2.75) is 31.3 Å². The SMILES string of the molecule is CCOc1ccc(C)cc1S(=O)(=O)N1CC[C@H](OCC(=O)O)C1. The van der Waals surface area contributed by atoms with E-state index >= 15 is 0 Å². The highest BCUT2D eigenvalue weighted by Gasteiger charge is 2.35. The zero-order chi connectivity index (χ0) is 17.0. The quantitative estimate of drug-likeness (QED) is 0.801. The molecule has 0 aromatic heterocycles. The highest BCUT2D eigenvalue weighted by atomic mass is 32.2. The molecule has 23 heavy (non-hydrogen) atoms. The molecule has 1 aromatic carbocycles. The minimum absolute atomic E-state index is 0.137. The lowest BCUT2D eigenvalue weighted by atomic mass is 10.2. The van der Waals surface area contributed by atoms with Gasteiger partial charge in [-0.1, -0.05) is 6.07 Å². The van der Waals surface area contributed by atoms with E-state index in [-0.39, 0.29) is 11.4 Å². The summed E-state index contributed by atoms with van der Waals surface area (Å²) in [6.07, 6.45) is 0.0729. The number of ether oxygens (including phenoxy) is 2. The zero-order valence-electron chi connectivity index (χ0n) is 13.2. The van der Waals surface area contributed by atoms with Crippen molar-refractivity contribution in [3.63, 3.8) is 0 Å². The van der Waals surface area contributed by atoms with E-state index in [0.717, 1.165) is 5.56 Å². The molecule has 1 fully saturated rings. The number of hydrogen-bond acceptors (Lipinski definition) is 5. The van der Waals surface area contributed by atoms with Gasteiger partial charge in [0.05, 0.1) is 12.7 Å². The molecule has 1 atom stereocenters.